The first-order chi connectivity index (χ1) is 9.19. The van der Waals surface area contributed by atoms with Gasteiger partial charge in [-0.05, 0) is 37.3 Å². The molecule has 0 bridgehead atoms. The molecule has 0 saturated heterocycles. The zero-order chi connectivity index (χ0) is 13.8. The zero-order valence-corrected chi connectivity index (χ0v) is 13.9. The van der Waals surface area contributed by atoms with Crippen LogP contribution in [-0.2, 0) is 10.1 Å². The van der Waals surface area contributed by atoms with Crippen LogP contribution >= 0.6 is 27.5 Å². The molecule has 1 aromatic carbocycles. The third kappa shape index (κ3) is 3.65. The van der Waals surface area contributed by atoms with Gasteiger partial charge in [-0.15, -0.1) is 0 Å². The van der Waals surface area contributed by atoms with E-state index in [1.54, 1.807) is 7.11 Å². The second-order valence-electron chi connectivity index (χ2n) is 5.15. The van der Waals surface area contributed by atoms with Crippen molar-refractivity contribution >= 4 is 33.2 Å². The third-order valence-corrected chi connectivity index (χ3v) is 4.74. The highest BCUT2D eigenvalue weighted by Crippen LogP contribution is 2.40. The Morgan fingerprint density at radius 3 is 2.79 bits per heavy atom. The summed E-state index contributed by atoms with van der Waals surface area (Å²) in [5.41, 5.74) is 2.41. The topological polar surface area (TPSA) is 12.5 Å². The molecule has 0 amide bonds. The van der Waals surface area contributed by atoms with Crippen LogP contribution in [0.4, 0.5) is 5.69 Å². The van der Waals surface area contributed by atoms with Gasteiger partial charge in [0, 0.05) is 25.0 Å². The normalized spacial score (nSPS) is 16.4. The van der Waals surface area contributed by atoms with Crippen molar-refractivity contribution in [3.63, 3.8) is 0 Å². The maximum Gasteiger partial charge on any atom is 0.0642 e. The number of methoxy groups -OCH3 is 1. The van der Waals surface area contributed by atoms with Crippen LogP contribution < -0.4 is 4.90 Å². The highest BCUT2D eigenvalue weighted by molar-refractivity contribution is 9.08. The minimum absolute atomic E-state index is 0.521. The molecule has 1 aromatic rings. The van der Waals surface area contributed by atoms with Gasteiger partial charge in [-0.25, -0.2) is 0 Å². The molecule has 0 heterocycles. The van der Waals surface area contributed by atoms with Crippen molar-refractivity contribution in [2.75, 3.05) is 25.2 Å². The van der Waals surface area contributed by atoms with Gasteiger partial charge < -0.3 is 9.64 Å². The van der Waals surface area contributed by atoms with Gasteiger partial charge in [0.2, 0.25) is 0 Å². The van der Waals surface area contributed by atoms with Crippen molar-refractivity contribution in [2.45, 2.75) is 31.1 Å². The van der Waals surface area contributed by atoms with Crippen molar-refractivity contribution in [1.29, 1.82) is 0 Å². The first kappa shape index (κ1) is 15.1. The van der Waals surface area contributed by atoms with E-state index in [0.717, 1.165) is 35.1 Å². The molecule has 1 fully saturated rings. The Bertz CT molecular complexity index is 423. The molecule has 19 heavy (non-hydrogen) atoms. The second kappa shape index (κ2) is 6.96. The first-order valence-electron chi connectivity index (χ1n) is 6.78. The summed E-state index contributed by atoms with van der Waals surface area (Å²) in [5.74, 6) is 0.802. The van der Waals surface area contributed by atoms with E-state index in [4.69, 9.17) is 16.3 Å². The summed E-state index contributed by atoms with van der Waals surface area (Å²) in [4.78, 5) is 2.42. The Hall–Kier alpha value is -0.250. The number of halogens is 2. The van der Waals surface area contributed by atoms with Crippen LogP contribution in [0.1, 0.15) is 25.3 Å². The highest BCUT2D eigenvalue weighted by atomic mass is 79.9. The SMILES string of the molecule is COCCN(c1c(Cl)cccc1CBr)C(C)C1CC1. The summed E-state index contributed by atoms with van der Waals surface area (Å²) in [6, 6.07) is 6.64. The maximum absolute atomic E-state index is 6.45. The number of hydrogen-bond donors (Lipinski definition) is 0. The monoisotopic (exact) mass is 345 g/mol. The van der Waals surface area contributed by atoms with Gasteiger partial charge in [0.25, 0.3) is 0 Å². The summed E-state index contributed by atoms with van der Waals surface area (Å²) < 4.78 is 5.26. The predicted octanol–water partition coefficient (Wildman–Crippen LogP) is 4.49. The van der Waals surface area contributed by atoms with Gasteiger partial charge >= 0.3 is 0 Å². The van der Waals surface area contributed by atoms with E-state index >= 15 is 0 Å². The Labute approximate surface area is 129 Å². The summed E-state index contributed by atoms with van der Waals surface area (Å²) in [6.07, 6.45) is 2.66. The minimum atomic E-state index is 0.521. The van der Waals surface area contributed by atoms with Crippen molar-refractivity contribution < 1.29 is 4.74 Å². The molecule has 0 spiro atoms. The van der Waals surface area contributed by atoms with Crippen LogP contribution in [0.2, 0.25) is 5.02 Å². The second-order valence-corrected chi connectivity index (χ2v) is 6.11. The Morgan fingerprint density at radius 1 is 1.47 bits per heavy atom. The van der Waals surface area contributed by atoms with Gasteiger partial charge in [0.1, 0.15) is 0 Å². The van der Waals surface area contributed by atoms with Crippen LogP contribution in [0.15, 0.2) is 18.2 Å². The molecule has 0 N–H and O–H groups in total. The van der Waals surface area contributed by atoms with Crippen LogP contribution in [0, 0.1) is 5.92 Å². The van der Waals surface area contributed by atoms with Crippen LogP contribution in [0.25, 0.3) is 0 Å². The zero-order valence-electron chi connectivity index (χ0n) is 11.5. The molecule has 1 atom stereocenters. The molecular weight excluding hydrogens is 326 g/mol. The van der Waals surface area contributed by atoms with Gasteiger partial charge in [-0.1, -0.05) is 39.7 Å². The van der Waals surface area contributed by atoms with Gasteiger partial charge in [-0.3, -0.25) is 0 Å². The van der Waals surface area contributed by atoms with Crippen molar-refractivity contribution in [1.82, 2.24) is 0 Å². The van der Waals surface area contributed by atoms with E-state index in [9.17, 15) is 0 Å². The molecule has 106 valence electrons. The number of rotatable bonds is 7. The predicted molar refractivity (Wildman–Crippen MR) is 85.5 cm³/mol. The average molecular weight is 347 g/mol. The molecule has 1 aliphatic carbocycles. The van der Waals surface area contributed by atoms with Crippen LogP contribution in [0.3, 0.4) is 0 Å². The number of anilines is 1. The molecule has 0 radical (unpaired) electrons. The van der Waals surface area contributed by atoms with Gasteiger partial charge in [0.15, 0.2) is 0 Å². The largest absolute Gasteiger partial charge is 0.383 e. The van der Waals surface area contributed by atoms with Crippen LogP contribution in [0.5, 0.6) is 0 Å². The lowest BCUT2D eigenvalue weighted by Gasteiger charge is -2.33. The van der Waals surface area contributed by atoms with E-state index in [1.807, 2.05) is 12.1 Å². The van der Waals surface area contributed by atoms with Crippen molar-refractivity contribution in [3.05, 3.63) is 28.8 Å². The van der Waals surface area contributed by atoms with Crippen molar-refractivity contribution in [2.24, 2.45) is 5.92 Å². The fourth-order valence-electron chi connectivity index (χ4n) is 2.53. The average Bonchev–Trinajstić information content (AvgIpc) is 3.24. The standard InChI is InChI=1S/C15H21BrClNO/c1-11(12-6-7-12)18(8-9-19-2)15-13(10-16)4-3-5-14(15)17/h3-5,11-12H,6-10H2,1-2H3. The molecule has 4 heteroatoms. The summed E-state index contributed by atoms with van der Waals surface area (Å²) in [6.45, 7) is 3.91. The molecular formula is C15H21BrClNO. The third-order valence-electron chi connectivity index (χ3n) is 3.83. The number of nitrogens with zero attached hydrogens (tertiary/aromatic N) is 1. The maximum atomic E-state index is 6.45. The number of benzene rings is 1. The lowest BCUT2D eigenvalue weighted by molar-refractivity contribution is 0.202. The summed E-state index contributed by atoms with van der Waals surface area (Å²) in [7, 11) is 1.75. The molecule has 1 aliphatic rings. The Balaban J connectivity index is 2.30. The Morgan fingerprint density at radius 2 is 2.21 bits per heavy atom. The fourth-order valence-corrected chi connectivity index (χ4v) is 3.29. The van der Waals surface area contributed by atoms with E-state index < -0.39 is 0 Å². The van der Waals surface area contributed by atoms with E-state index in [-0.39, 0.29) is 0 Å². The lowest BCUT2D eigenvalue weighted by Crippen LogP contribution is -2.38. The molecule has 1 unspecified atom stereocenters. The number of alkyl halides is 1. The first-order valence-corrected chi connectivity index (χ1v) is 8.28. The molecule has 0 aliphatic heterocycles. The molecule has 2 nitrogen and oxygen atoms in total. The fraction of sp³-hybridized carbons (Fsp3) is 0.600. The number of para-hydroxylation sites is 1. The quantitative estimate of drug-likeness (QED) is 0.675. The summed E-state index contributed by atoms with van der Waals surface area (Å²) in [5, 5.41) is 1.66. The minimum Gasteiger partial charge on any atom is -0.383 e. The van der Waals surface area contributed by atoms with Crippen LogP contribution in [-0.4, -0.2) is 26.3 Å². The van der Waals surface area contributed by atoms with E-state index in [2.05, 4.69) is 33.8 Å². The summed E-state index contributed by atoms with van der Waals surface area (Å²) >= 11 is 10.0. The van der Waals surface area contributed by atoms with E-state index in [1.165, 1.54) is 18.4 Å². The van der Waals surface area contributed by atoms with Gasteiger partial charge in [-0.2, -0.15) is 0 Å². The van der Waals surface area contributed by atoms with Crippen molar-refractivity contribution in [3.8, 4) is 0 Å². The van der Waals surface area contributed by atoms with Gasteiger partial charge in [0.05, 0.1) is 17.3 Å². The number of hydrogen-bond acceptors (Lipinski definition) is 2. The molecule has 1 saturated carbocycles. The van der Waals surface area contributed by atoms with E-state index in [0.29, 0.717) is 6.04 Å². The molecule has 2 rings (SSSR count). The molecule has 0 aromatic heterocycles. The number of ether oxygens (including phenoxy) is 1. The smallest absolute Gasteiger partial charge is 0.0642 e. The Kier molecular flexibility index (Phi) is 5.55. The lowest BCUT2D eigenvalue weighted by atomic mass is 10.1. The highest BCUT2D eigenvalue weighted by Gasteiger charge is 2.33.